The maximum atomic E-state index is 9.80. The monoisotopic (exact) mass is 305 g/mol. The van der Waals surface area contributed by atoms with Crippen molar-refractivity contribution in [2.75, 3.05) is 0 Å². The van der Waals surface area contributed by atoms with Crippen molar-refractivity contribution < 1.29 is 14.0 Å². The summed E-state index contributed by atoms with van der Waals surface area (Å²) in [6, 6.07) is 10.4. The summed E-state index contributed by atoms with van der Waals surface area (Å²) in [6.45, 7) is 0. The zero-order valence-corrected chi connectivity index (χ0v) is 10.7. The number of halogens is 1. The Morgan fingerprint density at radius 3 is 2.78 bits per heavy atom. The van der Waals surface area contributed by atoms with Crippen molar-refractivity contribution in [2.45, 2.75) is 0 Å². The minimum absolute atomic E-state index is 0.139. The minimum atomic E-state index is 0.139. The van der Waals surface area contributed by atoms with Gasteiger partial charge < -0.3 is 14.0 Å². The predicted octanol–water partition coefficient (Wildman–Crippen LogP) is 4.07. The number of aromatic nitrogens is 1. The normalized spacial score (nSPS) is 10.7. The molecule has 0 atom stereocenters. The van der Waals surface area contributed by atoms with Crippen LogP contribution < -0.4 is 0 Å². The maximum Gasteiger partial charge on any atom is 0.171 e. The fourth-order valence-electron chi connectivity index (χ4n) is 1.65. The number of hydrogen-bond donors (Lipinski definition) is 1. The van der Waals surface area contributed by atoms with Gasteiger partial charge in [-0.05, 0) is 30.3 Å². The standard InChI is InChI=1S/C13H8BrNO3/c14-8-3-4-11(16)9(6-8)13-7-10(15-18-13)12-2-1-5-17-12/h1-7,16H. The third-order valence-corrected chi connectivity index (χ3v) is 3.00. The predicted molar refractivity (Wildman–Crippen MR) is 69.0 cm³/mol. The topological polar surface area (TPSA) is 59.4 Å². The van der Waals surface area contributed by atoms with E-state index in [0.717, 1.165) is 4.47 Å². The van der Waals surface area contributed by atoms with Crippen LogP contribution in [0.25, 0.3) is 22.8 Å². The summed E-state index contributed by atoms with van der Waals surface area (Å²) >= 11 is 3.35. The molecule has 5 heteroatoms. The van der Waals surface area contributed by atoms with Crippen LogP contribution in [0.1, 0.15) is 0 Å². The number of phenolic OH excluding ortho intramolecular Hbond substituents is 1. The van der Waals surface area contributed by atoms with Crippen LogP contribution in [0, 0.1) is 0 Å². The van der Waals surface area contributed by atoms with Crippen LogP contribution in [0.3, 0.4) is 0 Å². The largest absolute Gasteiger partial charge is 0.507 e. The molecule has 0 saturated heterocycles. The van der Waals surface area contributed by atoms with Crippen LogP contribution in [0.2, 0.25) is 0 Å². The first kappa shape index (κ1) is 11.1. The Morgan fingerprint density at radius 2 is 2.00 bits per heavy atom. The Kier molecular flexibility index (Phi) is 2.68. The van der Waals surface area contributed by atoms with Crippen molar-refractivity contribution >= 4 is 15.9 Å². The second-order valence-corrected chi connectivity index (χ2v) is 4.63. The number of benzene rings is 1. The van der Waals surface area contributed by atoms with E-state index in [-0.39, 0.29) is 5.75 Å². The molecule has 0 aliphatic rings. The van der Waals surface area contributed by atoms with Gasteiger partial charge in [-0.3, -0.25) is 0 Å². The first-order valence-electron chi connectivity index (χ1n) is 5.23. The first-order chi connectivity index (χ1) is 8.74. The smallest absolute Gasteiger partial charge is 0.171 e. The van der Waals surface area contributed by atoms with E-state index < -0.39 is 0 Å². The lowest BCUT2D eigenvalue weighted by molar-refractivity contribution is 0.425. The van der Waals surface area contributed by atoms with E-state index in [1.54, 1.807) is 42.7 Å². The van der Waals surface area contributed by atoms with E-state index in [4.69, 9.17) is 8.94 Å². The molecule has 3 rings (SSSR count). The third-order valence-electron chi connectivity index (χ3n) is 2.51. The van der Waals surface area contributed by atoms with E-state index in [1.165, 1.54) is 0 Å². The van der Waals surface area contributed by atoms with Gasteiger partial charge in [0.05, 0.1) is 11.8 Å². The van der Waals surface area contributed by atoms with Crippen molar-refractivity contribution in [3.8, 4) is 28.5 Å². The highest BCUT2D eigenvalue weighted by atomic mass is 79.9. The maximum absolute atomic E-state index is 9.80. The molecule has 90 valence electrons. The Labute approximate surface area is 111 Å². The van der Waals surface area contributed by atoms with Crippen LogP contribution in [0.15, 0.2) is 56.1 Å². The molecule has 1 N–H and O–H groups in total. The van der Waals surface area contributed by atoms with Gasteiger partial charge in [0.15, 0.2) is 11.5 Å². The molecule has 0 amide bonds. The van der Waals surface area contributed by atoms with Crippen molar-refractivity contribution in [1.82, 2.24) is 5.16 Å². The number of phenols is 1. The van der Waals surface area contributed by atoms with Gasteiger partial charge in [-0.15, -0.1) is 0 Å². The fourth-order valence-corrected chi connectivity index (χ4v) is 2.01. The lowest BCUT2D eigenvalue weighted by atomic mass is 10.1. The molecule has 18 heavy (non-hydrogen) atoms. The molecule has 0 unspecified atom stereocenters. The van der Waals surface area contributed by atoms with Crippen LogP contribution in [-0.2, 0) is 0 Å². The second kappa shape index (κ2) is 4.34. The molecule has 0 bridgehead atoms. The summed E-state index contributed by atoms with van der Waals surface area (Å²) in [5.74, 6) is 1.25. The highest BCUT2D eigenvalue weighted by Gasteiger charge is 2.13. The Morgan fingerprint density at radius 1 is 1.11 bits per heavy atom. The SMILES string of the molecule is Oc1ccc(Br)cc1-c1cc(-c2ccco2)no1. The molecule has 0 radical (unpaired) electrons. The molecular weight excluding hydrogens is 298 g/mol. The lowest BCUT2D eigenvalue weighted by Crippen LogP contribution is -1.76. The summed E-state index contributed by atoms with van der Waals surface area (Å²) in [7, 11) is 0. The zero-order valence-electron chi connectivity index (χ0n) is 9.13. The van der Waals surface area contributed by atoms with Crippen molar-refractivity contribution in [1.29, 1.82) is 0 Å². The number of furan rings is 1. The molecule has 0 spiro atoms. The molecule has 0 aliphatic carbocycles. The molecule has 0 saturated carbocycles. The quantitative estimate of drug-likeness (QED) is 0.775. The molecular formula is C13H8BrNO3. The van der Waals surface area contributed by atoms with Gasteiger partial charge in [-0.2, -0.15) is 0 Å². The van der Waals surface area contributed by atoms with Crippen LogP contribution in [0.5, 0.6) is 5.75 Å². The van der Waals surface area contributed by atoms with Gasteiger partial charge in [-0.1, -0.05) is 21.1 Å². The van der Waals surface area contributed by atoms with Crippen molar-refractivity contribution in [3.05, 3.63) is 47.1 Å². The summed E-state index contributed by atoms with van der Waals surface area (Å²) in [5.41, 5.74) is 1.17. The van der Waals surface area contributed by atoms with Gasteiger partial charge >= 0.3 is 0 Å². The van der Waals surface area contributed by atoms with Crippen LogP contribution >= 0.6 is 15.9 Å². The van der Waals surface area contributed by atoms with Gasteiger partial charge in [-0.25, -0.2) is 0 Å². The molecule has 4 nitrogen and oxygen atoms in total. The van der Waals surface area contributed by atoms with Crippen molar-refractivity contribution in [2.24, 2.45) is 0 Å². The molecule has 0 aliphatic heterocycles. The van der Waals surface area contributed by atoms with Crippen molar-refractivity contribution in [3.63, 3.8) is 0 Å². The van der Waals surface area contributed by atoms with E-state index >= 15 is 0 Å². The van der Waals surface area contributed by atoms with E-state index in [2.05, 4.69) is 21.1 Å². The summed E-state index contributed by atoms with van der Waals surface area (Å²) < 4.78 is 11.3. The molecule has 0 fully saturated rings. The number of rotatable bonds is 2. The number of aromatic hydroxyl groups is 1. The number of hydrogen-bond acceptors (Lipinski definition) is 4. The Balaban J connectivity index is 2.05. The average Bonchev–Trinajstić information content (AvgIpc) is 3.00. The molecule has 1 aromatic carbocycles. The zero-order chi connectivity index (χ0) is 12.5. The van der Waals surface area contributed by atoms with E-state index in [0.29, 0.717) is 22.8 Å². The highest BCUT2D eigenvalue weighted by molar-refractivity contribution is 9.10. The Hall–Kier alpha value is -2.01. The summed E-state index contributed by atoms with van der Waals surface area (Å²) in [4.78, 5) is 0. The Bertz CT molecular complexity index is 673. The van der Waals surface area contributed by atoms with E-state index in [9.17, 15) is 5.11 Å². The highest BCUT2D eigenvalue weighted by Crippen LogP contribution is 2.33. The first-order valence-corrected chi connectivity index (χ1v) is 6.03. The summed E-state index contributed by atoms with van der Waals surface area (Å²) in [5, 5.41) is 13.7. The second-order valence-electron chi connectivity index (χ2n) is 3.72. The van der Waals surface area contributed by atoms with Gasteiger partial charge in [0.25, 0.3) is 0 Å². The van der Waals surface area contributed by atoms with E-state index in [1.807, 2.05) is 0 Å². The van der Waals surface area contributed by atoms with Gasteiger partial charge in [0.2, 0.25) is 0 Å². The average molecular weight is 306 g/mol. The number of nitrogens with zero attached hydrogens (tertiary/aromatic N) is 1. The fraction of sp³-hybridized carbons (Fsp3) is 0. The van der Waals surface area contributed by atoms with Gasteiger partial charge in [0.1, 0.15) is 11.4 Å². The molecule has 2 aromatic heterocycles. The van der Waals surface area contributed by atoms with Crippen LogP contribution in [-0.4, -0.2) is 10.3 Å². The minimum Gasteiger partial charge on any atom is -0.507 e. The lowest BCUT2D eigenvalue weighted by Gasteiger charge is -1.99. The summed E-state index contributed by atoms with van der Waals surface area (Å²) in [6.07, 6.45) is 1.57. The molecule has 2 heterocycles. The van der Waals surface area contributed by atoms with Gasteiger partial charge in [0, 0.05) is 10.5 Å². The molecule has 3 aromatic rings. The third kappa shape index (κ3) is 1.93. The van der Waals surface area contributed by atoms with Crippen LogP contribution in [0.4, 0.5) is 0 Å².